The lowest BCUT2D eigenvalue weighted by Crippen LogP contribution is -2.66. The van der Waals surface area contributed by atoms with E-state index in [0.29, 0.717) is 12.0 Å². The minimum atomic E-state index is -0.00809. The molecule has 0 spiro atoms. The zero-order valence-corrected chi connectivity index (χ0v) is 17.7. The van der Waals surface area contributed by atoms with Crippen LogP contribution in [0.3, 0.4) is 0 Å². The smallest absolute Gasteiger partial charge is 0.243 e. The van der Waals surface area contributed by atoms with Crippen LogP contribution >= 0.6 is 0 Å². The fraction of sp³-hybridized carbons (Fsp3) is 0.900. The largest absolute Gasteiger partial charge is 0.378 e. The third-order valence-electron chi connectivity index (χ3n) is 6.17. The summed E-state index contributed by atoms with van der Waals surface area (Å²) in [6, 6.07) is 0.300. The summed E-state index contributed by atoms with van der Waals surface area (Å²) >= 11 is 0. The van der Waals surface area contributed by atoms with Gasteiger partial charge in [0.25, 0.3) is 0 Å². The summed E-state index contributed by atoms with van der Waals surface area (Å²) in [6.45, 7) is 8.95. The van der Waals surface area contributed by atoms with Crippen LogP contribution in [-0.4, -0.2) is 75.4 Å². The normalized spacial score (nSPS) is 27.1. The molecule has 0 aromatic heterocycles. The maximum Gasteiger partial charge on any atom is 0.243 e. The number of amides is 1. The molecule has 1 amide bonds. The fourth-order valence-electron chi connectivity index (χ4n) is 4.20. The van der Waals surface area contributed by atoms with E-state index in [2.05, 4.69) is 36.4 Å². The third-order valence-corrected chi connectivity index (χ3v) is 6.17. The molecule has 3 atom stereocenters. The summed E-state index contributed by atoms with van der Waals surface area (Å²) in [5.74, 6) is 0.693. The molecule has 1 aliphatic carbocycles. The number of nitrogens with one attached hydrogen (secondary N) is 2. The maximum absolute atomic E-state index is 12.0. The molecule has 0 aromatic carbocycles. The molecule has 1 heterocycles. The van der Waals surface area contributed by atoms with Crippen molar-refractivity contribution in [2.45, 2.75) is 71.1 Å². The van der Waals surface area contributed by atoms with Gasteiger partial charge in [-0.15, -0.1) is 0 Å². The number of aliphatic imine (C=N–C) groups is 1. The van der Waals surface area contributed by atoms with Crippen molar-refractivity contribution < 1.29 is 14.3 Å². The van der Waals surface area contributed by atoms with E-state index in [9.17, 15) is 4.79 Å². The molecule has 156 valence electrons. The molecule has 1 saturated heterocycles. The number of guanidine groups is 1. The Hall–Kier alpha value is -1.34. The number of carbonyl (C=O) groups excluding carboxylic acids is 1. The third kappa shape index (κ3) is 5.35. The van der Waals surface area contributed by atoms with E-state index in [-0.39, 0.29) is 30.1 Å². The zero-order valence-electron chi connectivity index (χ0n) is 17.7. The molecule has 0 bridgehead atoms. The van der Waals surface area contributed by atoms with Crippen LogP contribution in [0.25, 0.3) is 0 Å². The van der Waals surface area contributed by atoms with E-state index in [1.807, 2.05) is 0 Å². The monoisotopic (exact) mass is 382 g/mol. The number of likely N-dealkylation sites (N-methyl/N-ethyl adjacent to an activating group) is 1. The van der Waals surface area contributed by atoms with Crippen LogP contribution in [0.2, 0.25) is 0 Å². The molecular formula is C20H38N4O3. The lowest BCUT2D eigenvalue weighted by molar-refractivity contribution is -0.133. The molecule has 1 aliphatic heterocycles. The van der Waals surface area contributed by atoms with Gasteiger partial charge in [0.15, 0.2) is 5.96 Å². The van der Waals surface area contributed by atoms with Gasteiger partial charge in [-0.25, -0.2) is 4.99 Å². The Bertz CT molecular complexity index is 499. The van der Waals surface area contributed by atoms with Crippen molar-refractivity contribution >= 4 is 11.9 Å². The average Bonchev–Trinajstić information content (AvgIpc) is 3.16. The molecule has 2 aliphatic rings. The van der Waals surface area contributed by atoms with Gasteiger partial charge in [-0.2, -0.15) is 0 Å². The summed E-state index contributed by atoms with van der Waals surface area (Å²) in [5.41, 5.74) is 0.119. The first-order valence-corrected chi connectivity index (χ1v) is 10.4. The number of nitrogens with zero attached hydrogens (tertiary/aromatic N) is 2. The summed E-state index contributed by atoms with van der Waals surface area (Å²) in [5, 5.41) is 6.98. The first-order valence-electron chi connectivity index (χ1n) is 10.4. The minimum Gasteiger partial charge on any atom is -0.378 e. The van der Waals surface area contributed by atoms with Gasteiger partial charge >= 0.3 is 0 Å². The Morgan fingerprint density at radius 2 is 2.04 bits per heavy atom. The summed E-state index contributed by atoms with van der Waals surface area (Å²) in [7, 11) is 3.51. The second-order valence-electron chi connectivity index (χ2n) is 7.79. The Kier molecular flexibility index (Phi) is 8.35. The predicted octanol–water partition coefficient (Wildman–Crippen LogP) is 1.77. The van der Waals surface area contributed by atoms with E-state index < -0.39 is 0 Å². The molecule has 2 N–H and O–H groups in total. The zero-order chi connectivity index (χ0) is 19.9. The highest BCUT2D eigenvalue weighted by Crippen LogP contribution is 2.48. The van der Waals surface area contributed by atoms with Gasteiger partial charge in [-0.1, -0.05) is 13.8 Å². The van der Waals surface area contributed by atoms with Crippen molar-refractivity contribution in [1.82, 2.24) is 15.5 Å². The van der Waals surface area contributed by atoms with E-state index in [4.69, 9.17) is 9.47 Å². The van der Waals surface area contributed by atoms with Crippen LogP contribution in [0.5, 0.6) is 0 Å². The second kappa shape index (κ2) is 10.3. The fourth-order valence-corrected chi connectivity index (χ4v) is 4.20. The number of hydrogen-bond acceptors (Lipinski definition) is 4. The van der Waals surface area contributed by atoms with Crippen LogP contribution in [0.4, 0.5) is 0 Å². The van der Waals surface area contributed by atoms with Gasteiger partial charge in [0.05, 0.1) is 12.2 Å². The van der Waals surface area contributed by atoms with Crippen LogP contribution in [0, 0.1) is 5.41 Å². The molecule has 1 saturated carbocycles. The van der Waals surface area contributed by atoms with E-state index in [0.717, 1.165) is 51.9 Å². The molecule has 2 fully saturated rings. The Morgan fingerprint density at radius 1 is 1.30 bits per heavy atom. The van der Waals surface area contributed by atoms with Crippen LogP contribution < -0.4 is 10.6 Å². The first kappa shape index (κ1) is 22.0. The highest BCUT2D eigenvalue weighted by molar-refractivity contribution is 5.85. The van der Waals surface area contributed by atoms with Crippen LogP contribution in [0.15, 0.2) is 4.99 Å². The van der Waals surface area contributed by atoms with Crippen molar-refractivity contribution in [3.8, 4) is 0 Å². The number of ether oxygens (including phenoxy) is 2. The Balaban J connectivity index is 2.03. The molecule has 0 aromatic rings. The van der Waals surface area contributed by atoms with Gasteiger partial charge in [0.1, 0.15) is 6.54 Å². The van der Waals surface area contributed by atoms with E-state index in [1.54, 1.807) is 19.0 Å². The quantitative estimate of drug-likeness (QED) is 0.470. The molecule has 7 nitrogen and oxygen atoms in total. The van der Waals surface area contributed by atoms with Gasteiger partial charge in [0, 0.05) is 45.3 Å². The standard InChI is InChI=1S/C20H38N4O3/c1-6-20(7-2)16(12-17(20)26-8-3)23-19(22-14-18(25)24(4)5)21-13-15-10-9-11-27-15/h15-17H,6-14H2,1-5H3,(H2,21,22,23). The van der Waals surface area contributed by atoms with Crippen molar-refractivity contribution in [2.24, 2.45) is 10.4 Å². The Morgan fingerprint density at radius 3 is 2.59 bits per heavy atom. The predicted molar refractivity (Wildman–Crippen MR) is 108 cm³/mol. The topological polar surface area (TPSA) is 75.2 Å². The lowest BCUT2D eigenvalue weighted by Gasteiger charge is -2.55. The van der Waals surface area contributed by atoms with Crippen molar-refractivity contribution in [3.05, 3.63) is 0 Å². The molecular weight excluding hydrogens is 344 g/mol. The van der Waals surface area contributed by atoms with Crippen molar-refractivity contribution in [3.63, 3.8) is 0 Å². The highest BCUT2D eigenvalue weighted by Gasteiger charge is 2.53. The summed E-state index contributed by atoms with van der Waals surface area (Å²) < 4.78 is 11.7. The van der Waals surface area contributed by atoms with Crippen LogP contribution in [0.1, 0.15) is 52.9 Å². The second-order valence-corrected chi connectivity index (χ2v) is 7.79. The van der Waals surface area contributed by atoms with Gasteiger partial charge in [-0.05, 0) is 39.0 Å². The Labute approximate surface area is 164 Å². The summed E-state index contributed by atoms with van der Waals surface area (Å²) in [4.78, 5) is 18.1. The number of hydrogen-bond donors (Lipinski definition) is 2. The van der Waals surface area contributed by atoms with Gasteiger partial charge < -0.3 is 25.0 Å². The van der Waals surface area contributed by atoms with Crippen molar-refractivity contribution in [2.75, 3.05) is 40.4 Å². The van der Waals surface area contributed by atoms with Gasteiger partial charge in [-0.3, -0.25) is 4.79 Å². The van der Waals surface area contributed by atoms with Gasteiger partial charge in [0.2, 0.25) is 5.91 Å². The maximum atomic E-state index is 12.0. The number of rotatable bonds is 9. The number of carbonyl (C=O) groups is 1. The van der Waals surface area contributed by atoms with Crippen LogP contribution in [-0.2, 0) is 14.3 Å². The summed E-state index contributed by atoms with van der Waals surface area (Å²) in [6.07, 6.45) is 5.78. The van der Waals surface area contributed by atoms with E-state index in [1.165, 1.54) is 0 Å². The molecule has 3 unspecified atom stereocenters. The average molecular weight is 383 g/mol. The SMILES string of the molecule is CCOC1CC(NC(=NCC(=O)N(C)C)NCC2CCCO2)C1(CC)CC. The van der Waals surface area contributed by atoms with Crippen molar-refractivity contribution in [1.29, 1.82) is 0 Å². The minimum absolute atomic E-state index is 0.00809. The van der Waals surface area contributed by atoms with E-state index >= 15 is 0 Å². The molecule has 27 heavy (non-hydrogen) atoms. The lowest BCUT2D eigenvalue weighted by atomic mass is 9.58. The molecule has 7 heteroatoms. The first-order chi connectivity index (χ1) is 13.0. The molecule has 0 radical (unpaired) electrons. The molecule has 2 rings (SSSR count). The highest BCUT2D eigenvalue weighted by atomic mass is 16.5.